The Morgan fingerprint density at radius 1 is 1.30 bits per heavy atom. The highest BCUT2D eigenvalue weighted by Crippen LogP contribution is 2.00. The predicted octanol–water partition coefficient (Wildman–Crippen LogP) is 2.59. The molecule has 0 aliphatic carbocycles. The maximum absolute atomic E-state index is 4.52. The smallest absolute Gasteiger partial charge is 0.106 e. The monoisotopic (exact) mass is 143 g/mol. The molecule has 0 rings (SSSR count). The predicted molar refractivity (Wildman–Crippen MR) is 44.3 cm³/mol. The third-order valence-electron chi connectivity index (χ3n) is 1.37. The minimum absolute atomic E-state index is 1.05. The van der Waals surface area contributed by atoms with E-state index in [1.165, 1.54) is 25.7 Å². The van der Waals surface area contributed by atoms with Gasteiger partial charge in [0.15, 0.2) is 0 Å². The van der Waals surface area contributed by atoms with Crippen molar-refractivity contribution >= 4 is 6.21 Å². The molecule has 0 spiro atoms. The van der Waals surface area contributed by atoms with E-state index in [9.17, 15) is 0 Å². The third-order valence-corrected chi connectivity index (χ3v) is 1.37. The van der Waals surface area contributed by atoms with Crippen LogP contribution in [-0.2, 0) is 4.84 Å². The maximum atomic E-state index is 4.52. The summed E-state index contributed by atoms with van der Waals surface area (Å²) in [7, 11) is 1.57. The van der Waals surface area contributed by atoms with Crippen molar-refractivity contribution in [1.29, 1.82) is 0 Å². The van der Waals surface area contributed by atoms with E-state index < -0.39 is 0 Å². The molecule has 0 unspecified atom stereocenters. The van der Waals surface area contributed by atoms with Crippen LogP contribution in [0.25, 0.3) is 0 Å². The second-order valence-electron chi connectivity index (χ2n) is 2.32. The number of oxime groups is 1. The van der Waals surface area contributed by atoms with Crippen LogP contribution in [0, 0.1) is 0 Å². The Bertz CT molecular complexity index is 81.3. The van der Waals surface area contributed by atoms with Crippen molar-refractivity contribution < 1.29 is 4.84 Å². The lowest BCUT2D eigenvalue weighted by atomic mass is 10.2. The lowest BCUT2D eigenvalue weighted by molar-refractivity contribution is 0.214. The van der Waals surface area contributed by atoms with E-state index in [4.69, 9.17) is 0 Å². The second kappa shape index (κ2) is 8.47. The van der Waals surface area contributed by atoms with Gasteiger partial charge in [-0.15, -0.1) is 0 Å². The lowest BCUT2D eigenvalue weighted by Crippen LogP contribution is -1.79. The van der Waals surface area contributed by atoms with Gasteiger partial charge in [-0.05, 0) is 12.8 Å². The number of hydrogen-bond donors (Lipinski definition) is 0. The fourth-order valence-corrected chi connectivity index (χ4v) is 0.790. The summed E-state index contributed by atoms with van der Waals surface area (Å²) in [5.74, 6) is 0. The first-order valence-corrected chi connectivity index (χ1v) is 3.96. The average molecular weight is 143 g/mol. The van der Waals surface area contributed by atoms with Crippen LogP contribution in [0.15, 0.2) is 5.16 Å². The summed E-state index contributed by atoms with van der Waals surface area (Å²) in [6.45, 7) is 2.21. The van der Waals surface area contributed by atoms with Crippen LogP contribution < -0.4 is 0 Å². The summed E-state index contributed by atoms with van der Waals surface area (Å²) in [6.07, 6.45) is 8.05. The fourth-order valence-electron chi connectivity index (χ4n) is 0.790. The van der Waals surface area contributed by atoms with Gasteiger partial charge in [0.1, 0.15) is 7.11 Å². The maximum Gasteiger partial charge on any atom is 0.106 e. The lowest BCUT2D eigenvalue weighted by Gasteiger charge is -1.92. The first-order valence-electron chi connectivity index (χ1n) is 3.96. The van der Waals surface area contributed by atoms with E-state index >= 15 is 0 Å². The van der Waals surface area contributed by atoms with Gasteiger partial charge in [0, 0.05) is 6.21 Å². The Morgan fingerprint density at radius 3 is 2.70 bits per heavy atom. The highest BCUT2D eigenvalue weighted by atomic mass is 16.6. The molecule has 0 heterocycles. The second-order valence-corrected chi connectivity index (χ2v) is 2.32. The number of rotatable bonds is 6. The molecule has 0 amide bonds. The van der Waals surface area contributed by atoms with Crippen molar-refractivity contribution in [3.63, 3.8) is 0 Å². The SMILES string of the molecule is CCCCCCC=NOC. The van der Waals surface area contributed by atoms with Gasteiger partial charge in [-0.25, -0.2) is 0 Å². The van der Waals surface area contributed by atoms with E-state index in [-0.39, 0.29) is 0 Å². The van der Waals surface area contributed by atoms with Gasteiger partial charge < -0.3 is 4.84 Å². The van der Waals surface area contributed by atoms with Crippen molar-refractivity contribution in [1.82, 2.24) is 0 Å². The van der Waals surface area contributed by atoms with Crippen molar-refractivity contribution in [3.8, 4) is 0 Å². The molecule has 0 aromatic rings. The van der Waals surface area contributed by atoms with Crippen molar-refractivity contribution in [2.75, 3.05) is 7.11 Å². The molecule has 0 aromatic heterocycles. The normalized spacial score (nSPS) is 10.6. The van der Waals surface area contributed by atoms with Gasteiger partial charge in [-0.2, -0.15) is 0 Å². The van der Waals surface area contributed by atoms with Gasteiger partial charge in [0.25, 0.3) is 0 Å². The molecule has 0 radical (unpaired) electrons. The van der Waals surface area contributed by atoms with Crippen LogP contribution in [0.1, 0.15) is 39.0 Å². The molecule has 60 valence electrons. The number of unbranched alkanes of at least 4 members (excludes halogenated alkanes) is 4. The molecule has 0 saturated carbocycles. The molecule has 0 fully saturated rings. The molecule has 0 aliphatic rings. The minimum atomic E-state index is 1.05. The Morgan fingerprint density at radius 2 is 2.10 bits per heavy atom. The Balaban J connectivity index is 2.83. The first kappa shape index (κ1) is 9.47. The zero-order valence-corrected chi connectivity index (χ0v) is 6.97. The number of hydrogen-bond acceptors (Lipinski definition) is 2. The van der Waals surface area contributed by atoms with Gasteiger partial charge in [-0.3, -0.25) is 0 Å². The van der Waals surface area contributed by atoms with Crippen molar-refractivity contribution in [2.24, 2.45) is 5.16 Å². The zero-order chi connectivity index (χ0) is 7.66. The Hall–Kier alpha value is -0.530. The summed E-state index contributed by atoms with van der Waals surface area (Å²) >= 11 is 0. The molecule has 10 heavy (non-hydrogen) atoms. The summed E-state index contributed by atoms with van der Waals surface area (Å²) in [5, 5.41) is 3.64. The van der Waals surface area contributed by atoms with Crippen LogP contribution in [0.5, 0.6) is 0 Å². The van der Waals surface area contributed by atoms with E-state index in [0.29, 0.717) is 0 Å². The van der Waals surface area contributed by atoms with Crippen LogP contribution in [-0.4, -0.2) is 13.3 Å². The molecule has 0 aromatic carbocycles. The van der Waals surface area contributed by atoms with Gasteiger partial charge in [0.2, 0.25) is 0 Å². The summed E-state index contributed by atoms with van der Waals surface area (Å²) in [4.78, 5) is 4.52. The van der Waals surface area contributed by atoms with Crippen LogP contribution in [0.2, 0.25) is 0 Å². The van der Waals surface area contributed by atoms with Gasteiger partial charge in [0.05, 0.1) is 0 Å². The van der Waals surface area contributed by atoms with Crippen molar-refractivity contribution in [2.45, 2.75) is 39.0 Å². The highest BCUT2D eigenvalue weighted by Gasteiger charge is 1.83. The number of nitrogens with zero attached hydrogens (tertiary/aromatic N) is 1. The molecular formula is C8H17NO. The molecule has 2 nitrogen and oxygen atoms in total. The molecule has 0 bridgehead atoms. The summed E-state index contributed by atoms with van der Waals surface area (Å²) < 4.78 is 0. The largest absolute Gasteiger partial charge is 0.399 e. The van der Waals surface area contributed by atoms with Crippen LogP contribution in [0.3, 0.4) is 0 Å². The summed E-state index contributed by atoms with van der Waals surface area (Å²) in [5.41, 5.74) is 0. The summed E-state index contributed by atoms with van der Waals surface area (Å²) in [6, 6.07) is 0. The zero-order valence-electron chi connectivity index (χ0n) is 6.97. The molecule has 0 atom stereocenters. The third kappa shape index (κ3) is 7.47. The minimum Gasteiger partial charge on any atom is -0.399 e. The molecule has 0 saturated heterocycles. The molecule has 2 heteroatoms. The van der Waals surface area contributed by atoms with E-state index in [2.05, 4.69) is 16.9 Å². The van der Waals surface area contributed by atoms with Crippen molar-refractivity contribution in [3.05, 3.63) is 0 Å². The highest BCUT2D eigenvalue weighted by molar-refractivity contribution is 5.55. The van der Waals surface area contributed by atoms with Gasteiger partial charge in [-0.1, -0.05) is 31.3 Å². The van der Waals surface area contributed by atoms with E-state index in [1.54, 1.807) is 7.11 Å². The van der Waals surface area contributed by atoms with Crippen LogP contribution in [0.4, 0.5) is 0 Å². The first-order chi connectivity index (χ1) is 4.91. The Kier molecular flexibility index (Phi) is 8.02. The van der Waals surface area contributed by atoms with Crippen LogP contribution >= 0.6 is 0 Å². The molecule has 0 N–H and O–H groups in total. The standard InChI is InChI=1S/C8H17NO/c1-3-4-5-6-7-8-9-10-2/h8H,3-7H2,1-2H3. The average Bonchev–Trinajstić information content (AvgIpc) is 1.97. The van der Waals surface area contributed by atoms with E-state index in [1.807, 2.05) is 6.21 Å². The van der Waals surface area contributed by atoms with E-state index in [0.717, 1.165) is 6.42 Å². The van der Waals surface area contributed by atoms with Gasteiger partial charge >= 0.3 is 0 Å². The fraction of sp³-hybridized carbons (Fsp3) is 0.875. The molecule has 0 aliphatic heterocycles. The quantitative estimate of drug-likeness (QED) is 0.318. The molecular weight excluding hydrogens is 126 g/mol. The Labute approximate surface area is 63.3 Å². The topological polar surface area (TPSA) is 21.6 Å².